The highest BCUT2D eigenvalue weighted by atomic mass is 16.5. The van der Waals surface area contributed by atoms with Crippen molar-refractivity contribution in [2.75, 3.05) is 25.0 Å². The summed E-state index contributed by atoms with van der Waals surface area (Å²) in [7, 11) is 0. The van der Waals surface area contributed by atoms with Crippen LogP contribution in [0.4, 0.5) is 5.69 Å². The molecule has 23 heavy (non-hydrogen) atoms. The van der Waals surface area contributed by atoms with E-state index in [1.807, 2.05) is 0 Å². The van der Waals surface area contributed by atoms with E-state index in [1.165, 1.54) is 0 Å². The molecule has 0 saturated carbocycles. The normalized spacial score (nSPS) is 20.6. The molecule has 2 aliphatic heterocycles. The third kappa shape index (κ3) is 3.50. The molecule has 0 radical (unpaired) electrons. The number of carboxylic acid groups (broad SMARTS) is 1. The average Bonchev–Trinajstić information content (AvgIpc) is 2.53. The molecule has 0 bridgehead atoms. The second kappa shape index (κ2) is 6.37. The lowest BCUT2D eigenvalue weighted by Crippen LogP contribution is -2.46. The van der Waals surface area contributed by atoms with Gasteiger partial charge in [0.05, 0.1) is 19.1 Å². The minimum absolute atomic E-state index is 0.0127. The van der Waals surface area contributed by atoms with Gasteiger partial charge < -0.3 is 20.1 Å². The monoisotopic (exact) mass is 318 g/mol. The molecule has 2 amide bonds. The van der Waals surface area contributed by atoms with E-state index in [9.17, 15) is 14.4 Å². The highest BCUT2D eigenvalue weighted by Crippen LogP contribution is 2.24. The fourth-order valence-corrected chi connectivity index (χ4v) is 2.92. The molecule has 122 valence electrons. The zero-order valence-electron chi connectivity index (χ0n) is 12.6. The predicted molar refractivity (Wildman–Crippen MR) is 81.3 cm³/mol. The van der Waals surface area contributed by atoms with Crippen molar-refractivity contribution in [2.45, 2.75) is 25.4 Å². The summed E-state index contributed by atoms with van der Waals surface area (Å²) in [6, 6.07) is 5.24. The lowest BCUT2D eigenvalue weighted by molar-refractivity contribution is -0.141. The SMILES string of the molecule is O=C(O)C[C@H]1CN(C(=O)c2ccc3c(c2)CCC(=O)N3)CCO1. The Hall–Kier alpha value is -2.41. The first-order chi connectivity index (χ1) is 11.0. The van der Waals surface area contributed by atoms with Crippen molar-refractivity contribution in [3.05, 3.63) is 29.3 Å². The van der Waals surface area contributed by atoms with Crippen molar-refractivity contribution >= 4 is 23.5 Å². The molecular formula is C16H18N2O5. The Bertz CT molecular complexity index is 658. The Morgan fingerprint density at radius 3 is 2.96 bits per heavy atom. The molecule has 1 aromatic carbocycles. The van der Waals surface area contributed by atoms with Gasteiger partial charge in [0, 0.05) is 30.8 Å². The van der Waals surface area contributed by atoms with Crippen molar-refractivity contribution in [3.63, 3.8) is 0 Å². The van der Waals surface area contributed by atoms with Crippen LogP contribution in [0.1, 0.15) is 28.8 Å². The number of hydrogen-bond donors (Lipinski definition) is 2. The van der Waals surface area contributed by atoms with E-state index in [0.717, 1.165) is 11.3 Å². The molecule has 1 saturated heterocycles. The van der Waals surface area contributed by atoms with Crippen molar-refractivity contribution in [1.82, 2.24) is 4.90 Å². The number of aliphatic carboxylic acids is 1. The quantitative estimate of drug-likeness (QED) is 0.863. The molecule has 7 heteroatoms. The number of ether oxygens (including phenoxy) is 1. The predicted octanol–water partition coefficient (Wildman–Crippen LogP) is 0.887. The molecule has 2 N–H and O–H groups in total. The maximum absolute atomic E-state index is 12.6. The molecule has 1 aromatic rings. The summed E-state index contributed by atoms with van der Waals surface area (Å²) >= 11 is 0. The van der Waals surface area contributed by atoms with E-state index >= 15 is 0 Å². The lowest BCUT2D eigenvalue weighted by atomic mass is 9.99. The zero-order valence-corrected chi connectivity index (χ0v) is 12.6. The number of hydrogen-bond acceptors (Lipinski definition) is 4. The summed E-state index contributed by atoms with van der Waals surface area (Å²) in [6.45, 7) is 1.06. The van der Waals surface area contributed by atoms with Crippen molar-refractivity contribution in [1.29, 1.82) is 0 Å². The van der Waals surface area contributed by atoms with Gasteiger partial charge in [-0.3, -0.25) is 14.4 Å². The number of carbonyl (C=O) groups excluding carboxylic acids is 2. The summed E-state index contributed by atoms with van der Waals surface area (Å²) < 4.78 is 5.39. The number of carbonyl (C=O) groups is 3. The van der Waals surface area contributed by atoms with Crippen LogP contribution in [0, 0.1) is 0 Å². The standard InChI is InChI=1S/C16H18N2O5/c19-14-4-2-10-7-11(1-3-13(10)17-14)16(22)18-5-6-23-12(9-18)8-15(20)21/h1,3,7,12H,2,4-6,8-9H2,(H,17,19)(H,20,21)/t12-/m0/s1. The van der Waals surface area contributed by atoms with Crippen molar-refractivity contribution < 1.29 is 24.2 Å². The van der Waals surface area contributed by atoms with Gasteiger partial charge in [-0.1, -0.05) is 0 Å². The van der Waals surface area contributed by atoms with Crippen LogP contribution in [-0.2, 0) is 20.7 Å². The lowest BCUT2D eigenvalue weighted by Gasteiger charge is -2.32. The summed E-state index contributed by atoms with van der Waals surface area (Å²) in [5.41, 5.74) is 2.25. The molecule has 0 unspecified atom stereocenters. The van der Waals surface area contributed by atoms with Crippen LogP contribution in [0.25, 0.3) is 0 Å². The summed E-state index contributed by atoms with van der Waals surface area (Å²) in [6.07, 6.45) is 0.456. The van der Waals surface area contributed by atoms with Crippen LogP contribution in [0.5, 0.6) is 0 Å². The van der Waals surface area contributed by atoms with Crippen molar-refractivity contribution in [3.8, 4) is 0 Å². The summed E-state index contributed by atoms with van der Waals surface area (Å²) in [5.74, 6) is -1.08. The number of benzene rings is 1. The molecule has 2 aliphatic rings. The maximum Gasteiger partial charge on any atom is 0.306 e. The number of anilines is 1. The van der Waals surface area contributed by atoms with Crippen LogP contribution in [0.3, 0.4) is 0 Å². The van der Waals surface area contributed by atoms with Gasteiger partial charge >= 0.3 is 5.97 Å². The molecule has 1 atom stereocenters. The minimum Gasteiger partial charge on any atom is -0.481 e. The zero-order chi connectivity index (χ0) is 16.4. The van der Waals surface area contributed by atoms with Gasteiger partial charge in [-0.05, 0) is 30.2 Å². The number of aryl methyl sites for hydroxylation is 1. The average molecular weight is 318 g/mol. The van der Waals surface area contributed by atoms with Gasteiger partial charge in [0.15, 0.2) is 0 Å². The van der Waals surface area contributed by atoms with E-state index in [-0.39, 0.29) is 24.8 Å². The van der Waals surface area contributed by atoms with E-state index in [4.69, 9.17) is 9.84 Å². The number of rotatable bonds is 3. The van der Waals surface area contributed by atoms with E-state index < -0.39 is 12.1 Å². The van der Waals surface area contributed by atoms with Gasteiger partial charge in [0.1, 0.15) is 0 Å². The van der Waals surface area contributed by atoms with Gasteiger partial charge in [-0.25, -0.2) is 0 Å². The Balaban J connectivity index is 1.72. The molecule has 1 fully saturated rings. The van der Waals surface area contributed by atoms with Gasteiger partial charge in [-0.2, -0.15) is 0 Å². The number of fused-ring (bicyclic) bond motifs is 1. The third-order valence-corrected chi connectivity index (χ3v) is 4.08. The van der Waals surface area contributed by atoms with Crippen LogP contribution >= 0.6 is 0 Å². The summed E-state index contributed by atoms with van der Waals surface area (Å²) in [5, 5.41) is 11.6. The minimum atomic E-state index is -0.936. The second-order valence-electron chi connectivity index (χ2n) is 5.76. The van der Waals surface area contributed by atoms with Gasteiger partial charge in [-0.15, -0.1) is 0 Å². The van der Waals surface area contributed by atoms with Crippen molar-refractivity contribution in [2.24, 2.45) is 0 Å². The first-order valence-corrected chi connectivity index (χ1v) is 7.58. The number of morpholine rings is 1. The molecule has 0 aromatic heterocycles. The Morgan fingerprint density at radius 2 is 2.17 bits per heavy atom. The Kier molecular flexibility index (Phi) is 4.29. The maximum atomic E-state index is 12.6. The number of nitrogens with one attached hydrogen (secondary N) is 1. The van der Waals surface area contributed by atoms with Crippen LogP contribution in [-0.4, -0.2) is 53.6 Å². The smallest absolute Gasteiger partial charge is 0.306 e. The number of nitrogens with zero attached hydrogens (tertiary/aromatic N) is 1. The largest absolute Gasteiger partial charge is 0.481 e. The molecule has 0 spiro atoms. The first kappa shape index (κ1) is 15.5. The fourth-order valence-electron chi connectivity index (χ4n) is 2.92. The topological polar surface area (TPSA) is 95.9 Å². The van der Waals surface area contributed by atoms with Crippen LogP contribution in [0.15, 0.2) is 18.2 Å². The van der Waals surface area contributed by atoms with Crippen LogP contribution < -0.4 is 5.32 Å². The molecule has 0 aliphatic carbocycles. The molecule has 7 nitrogen and oxygen atoms in total. The highest BCUT2D eigenvalue weighted by molar-refractivity contribution is 5.98. The Labute approximate surface area is 133 Å². The van der Waals surface area contributed by atoms with Gasteiger partial charge in [0.2, 0.25) is 5.91 Å². The van der Waals surface area contributed by atoms with Gasteiger partial charge in [0.25, 0.3) is 5.91 Å². The van der Waals surface area contributed by atoms with E-state index in [2.05, 4.69) is 5.32 Å². The number of carboxylic acids is 1. The third-order valence-electron chi connectivity index (χ3n) is 4.08. The highest BCUT2D eigenvalue weighted by Gasteiger charge is 2.27. The molecular weight excluding hydrogens is 300 g/mol. The van der Waals surface area contributed by atoms with E-state index in [1.54, 1.807) is 23.1 Å². The Morgan fingerprint density at radius 1 is 1.35 bits per heavy atom. The van der Waals surface area contributed by atoms with E-state index in [0.29, 0.717) is 31.6 Å². The first-order valence-electron chi connectivity index (χ1n) is 7.58. The van der Waals surface area contributed by atoms with Crippen LogP contribution in [0.2, 0.25) is 0 Å². The molecule has 2 heterocycles. The fraction of sp³-hybridized carbons (Fsp3) is 0.438. The summed E-state index contributed by atoms with van der Waals surface area (Å²) in [4.78, 5) is 36.4. The molecule has 3 rings (SSSR count). The number of amides is 2. The second-order valence-corrected chi connectivity index (χ2v) is 5.76.